The molecule has 0 radical (unpaired) electrons. The van der Waals surface area contributed by atoms with E-state index in [1.807, 2.05) is 30.3 Å². The zero-order valence-corrected chi connectivity index (χ0v) is 10.4. The van der Waals surface area contributed by atoms with Gasteiger partial charge in [-0.25, -0.2) is 0 Å². The molecule has 98 valence electrons. The zero-order valence-electron chi connectivity index (χ0n) is 10.4. The lowest BCUT2D eigenvalue weighted by atomic mass is 10.0. The Bertz CT molecular complexity index is 402. The molecule has 1 aromatic carbocycles. The Kier molecular flexibility index (Phi) is 3.99. The normalized spacial score (nSPS) is 18.1. The maximum atomic E-state index is 11.8. The Morgan fingerprint density at radius 1 is 1.39 bits per heavy atom. The fraction of sp³-hybridized carbons (Fsp3) is 0.500. The van der Waals surface area contributed by atoms with E-state index in [0.29, 0.717) is 6.42 Å². The van der Waals surface area contributed by atoms with Crippen LogP contribution in [0, 0.1) is 0 Å². The summed E-state index contributed by atoms with van der Waals surface area (Å²) in [4.78, 5) is 11.8. The highest BCUT2D eigenvalue weighted by Gasteiger charge is 2.43. The third-order valence-corrected chi connectivity index (χ3v) is 3.47. The molecule has 0 spiro atoms. The van der Waals surface area contributed by atoms with E-state index in [2.05, 4.69) is 5.32 Å². The first-order valence-electron chi connectivity index (χ1n) is 6.38. The first kappa shape index (κ1) is 13.1. The van der Waals surface area contributed by atoms with E-state index in [1.165, 1.54) is 5.56 Å². The molecule has 0 aliphatic heterocycles. The molecule has 4 N–H and O–H groups in total. The predicted molar refractivity (Wildman–Crippen MR) is 69.9 cm³/mol. The van der Waals surface area contributed by atoms with Crippen molar-refractivity contribution in [2.45, 2.75) is 37.3 Å². The van der Waals surface area contributed by atoms with Gasteiger partial charge < -0.3 is 16.2 Å². The van der Waals surface area contributed by atoms with Gasteiger partial charge in [0.05, 0.1) is 18.2 Å². The first-order chi connectivity index (χ1) is 8.65. The van der Waals surface area contributed by atoms with Gasteiger partial charge in [-0.1, -0.05) is 30.3 Å². The Morgan fingerprint density at radius 3 is 2.61 bits per heavy atom. The lowest BCUT2D eigenvalue weighted by Crippen LogP contribution is -2.48. The van der Waals surface area contributed by atoms with E-state index in [9.17, 15) is 4.79 Å². The number of amides is 1. The van der Waals surface area contributed by atoms with Crippen molar-refractivity contribution in [2.75, 3.05) is 6.61 Å². The molecule has 0 heterocycles. The molecule has 1 unspecified atom stereocenters. The summed E-state index contributed by atoms with van der Waals surface area (Å²) in [5.74, 6) is -0.155. The van der Waals surface area contributed by atoms with Gasteiger partial charge in [0, 0.05) is 0 Å². The van der Waals surface area contributed by atoms with E-state index >= 15 is 0 Å². The highest BCUT2D eigenvalue weighted by atomic mass is 16.3. The molecule has 1 aliphatic carbocycles. The molecule has 1 aliphatic rings. The highest BCUT2D eigenvalue weighted by molar-refractivity contribution is 5.82. The summed E-state index contributed by atoms with van der Waals surface area (Å²) >= 11 is 0. The molecular formula is C14H20N2O2. The number of benzene rings is 1. The number of nitrogens with two attached hydrogens (primary N) is 1. The second-order valence-corrected chi connectivity index (χ2v) is 5.06. The molecule has 0 aromatic heterocycles. The van der Waals surface area contributed by atoms with Gasteiger partial charge in [0.15, 0.2) is 0 Å². The number of aryl methyl sites for hydroxylation is 1. The molecule has 18 heavy (non-hydrogen) atoms. The van der Waals surface area contributed by atoms with Gasteiger partial charge in [-0.3, -0.25) is 4.79 Å². The van der Waals surface area contributed by atoms with Gasteiger partial charge in [0.1, 0.15) is 0 Å². The minimum atomic E-state index is -0.505. The Morgan fingerprint density at radius 2 is 2.06 bits per heavy atom. The summed E-state index contributed by atoms with van der Waals surface area (Å²) in [5.41, 5.74) is 6.67. The van der Waals surface area contributed by atoms with Gasteiger partial charge in [0.25, 0.3) is 0 Å². The molecule has 0 bridgehead atoms. The second kappa shape index (κ2) is 5.50. The Labute approximate surface area is 107 Å². The number of hydrogen-bond acceptors (Lipinski definition) is 3. The standard InChI is InChI=1S/C14H20N2O2/c15-12(7-6-11-4-2-1-3-5-11)13(18)16-14(10-17)8-9-14/h1-5,12,17H,6-10,15H2,(H,16,18). The van der Waals surface area contributed by atoms with E-state index in [-0.39, 0.29) is 18.1 Å². The van der Waals surface area contributed by atoms with Crippen LogP contribution in [0.15, 0.2) is 30.3 Å². The van der Waals surface area contributed by atoms with Gasteiger partial charge in [-0.15, -0.1) is 0 Å². The van der Waals surface area contributed by atoms with E-state index in [4.69, 9.17) is 10.8 Å². The van der Waals surface area contributed by atoms with Crippen LogP contribution in [-0.4, -0.2) is 29.2 Å². The quantitative estimate of drug-likeness (QED) is 0.689. The van der Waals surface area contributed by atoms with E-state index < -0.39 is 6.04 Å². The summed E-state index contributed by atoms with van der Waals surface area (Å²) in [6, 6.07) is 9.47. The molecule has 1 saturated carbocycles. The topological polar surface area (TPSA) is 75.4 Å². The summed E-state index contributed by atoms with van der Waals surface area (Å²) in [6.07, 6.45) is 3.11. The number of aliphatic hydroxyl groups is 1. The third kappa shape index (κ3) is 3.31. The van der Waals surface area contributed by atoms with Crippen LogP contribution in [0.25, 0.3) is 0 Å². The number of aliphatic hydroxyl groups excluding tert-OH is 1. The molecule has 1 fully saturated rings. The lowest BCUT2D eigenvalue weighted by Gasteiger charge is -2.18. The maximum Gasteiger partial charge on any atom is 0.237 e. The molecule has 1 aromatic rings. The molecule has 4 nitrogen and oxygen atoms in total. The zero-order chi connectivity index (χ0) is 13.0. The van der Waals surface area contributed by atoms with Crippen molar-refractivity contribution >= 4 is 5.91 Å². The molecule has 0 saturated heterocycles. The number of rotatable bonds is 6. The average Bonchev–Trinajstić information content (AvgIpc) is 3.17. The largest absolute Gasteiger partial charge is 0.394 e. The van der Waals surface area contributed by atoms with Crippen LogP contribution >= 0.6 is 0 Å². The van der Waals surface area contributed by atoms with Crippen molar-refractivity contribution in [1.82, 2.24) is 5.32 Å². The summed E-state index contributed by atoms with van der Waals surface area (Å²) in [6.45, 7) is 0.00411. The second-order valence-electron chi connectivity index (χ2n) is 5.06. The lowest BCUT2D eigenvalue weighted by molar-refractivity contribution is -0.123. The first-order valence-corrected chi connectivity index (χ1v) is 6.38. The van der Waals surface area contributed by atoms with E-state index in [1.54, 1.807) is 0 Å². The van der Waals surface area contributed by atoms with Gasteiger partial charge >= 0.3 is 0 Å². The molecule has 1 amide bonds. The van der Waals surface area contributed by atoms with Crippen LogP contribution in [0.3, 0.4) is 0 Å². The van der Waals surface area contributed by atoms with Crippen molar-refractivity contribution in [2.24, 2.45) is 5.73 Å². The molecule has 1 atom stereocenters. The minimum absolute atomic E-state index is 0.00411. The Balaban J connectivity index is 1.77. The SMILES string of the molecule is NC(CCc1ccccc1)C(=O)NC1(CO)CC1. The smallest absolute Gasteiger partial charge is 0.237 e. The maximum absolute atomic E-state index is 11.8. The van der Waals surface area contributed by atoms with Crippen LogP contribution in [0.4, 0.5) is 0 Å². The summed E-state index contributed by atoms with van der Waals surface area (Å²) in [7, 11) is 0. The molecule has 4 heteroatoms. The number of carbonyl (C=O) groups excluding carboxylic acids is 1. The minimum Gasteiger partial charge on any atom is -0.394 e. The molecular weight excluding hydrogens is 228 g/mol. The fourth-order valence-electron chi connectivity index (χ4n) is 1.93. The highest BCUT2D eigenvalue weighted by Crippen LogP contribution is 2.34. The van der Waals surface area contributed by atoms with Gasteiger partial charge in [0.2, 0.25) is 5.91 Å². The average molecular weight is 248 g/mol. The van der Waals surface area contributed by atoms with Gasteiger partial charge in [-0.2, -0.15) is 0 Å². The van der Waals surface area contributed by atoms with Gasteiger partial charge in [-0.05, 0) is 31.2 Å². The number of nitrogens with one attached hydrogen (secondary N) is 1. The molecule has 2 rings (SSSR count). The van der Waals surface area contributed by atoms with Crippen molar-refractivity contribution in [3.8, 4) is 0 Å². The van der Waals surface area contributed by atoms with Crippen molar-refractivity contribution in [3.63, 3.8) is 0 Å². The number of hydrogen-bond donors (Lipinski definition) is 3. The summed E-state index contributed by atoms with van der Waals surface area (Å²) in [5, 5.41) is 12.0. The van der Waals surface area contributed by atoms with Crippen LogP contribution in [0.5, 0.6) is 0 Å². The fourth-order valence-corrected chi connectivity index (χ4v) is 1.93. The Hall–Kier alpha value is -1.39. The predicted octanol–water partition coefficient (Wildman–Crippen LogP) is 0.588. The monoisotopic (exact) mass is 248 g/mol. The van der Waals surface area contributed by atoms with Crippen LogP contribution in [0.1, 0.15) is 24.8 Å². The van der Waals surface area contributed by atoms with Crippen LogP contribution in [0.2, 0.25) is 0 Å². The van der Waals surface area contributed by atoms with Crippen LogP contribution < -0.4 is 11.1 Å². The van der Waals surface area contributed by atoms with Crippen LogP contribution in [-0.2, 0) is 11.2 Å². The van der Waals surface area contributed by atoms with Crippen molar-refractivity contribution < 1.29 is 9.90 Å². The third-order valence-electron chi connectivity index (χ3n) is 3.47. The van der Waals surface area contributed by atoms with Crippen molar-refractivity contribution in [1.29, 1.82) is 0 Å². The van der Waals surface area contributed by atoms with E-state index in [0.717, 1.165) is 19.3 Å². The van der Waals surface area contributed by atoms with Crippen molar-refractivity contribution in [3.05, 3.63) is 35.9 Å². The number of carbonyl (C=O) groups is 1. The summed E-state index contributed by atoms with van der Waals surface area (Å²) < 4.78 is 0.